The van der Waals surface area contributed by atoms with Gasteiger partial charge in [0, 0.05) is 23.0 Å². The minimum atomic E-state index is -0.306. The second kappa shape index (κ2) is 8.67. The van der Waals surface area contributed by atoms with Gasteiger partial charge in [0.05, 0.1) is 6.10 Å². The third-order valence-electron chi connectivity index (χ3n) is 6.40. The number of hydrogen-bond donors (Lipinski definition) is 2. The highest BCUT2D eigenvalue weighted by atomic mass is 35.5. The van der Waals surface area contributed by atoms with Gasteiger partial charge in [0.2, 0.25) is 5.91 Å². The SMILES string of the molecule is O=C(Nc1cccc2c1CC(O)CC2)C1CCCC(c2ccccc2Cl)CC1. The van der Waals surface area contributed by atoms with Gasteiger partial charge in [-0.1, -0.05) is 48.4 Å². The Balaban J connectivity index is 1.43. The van der Waals surface area contributed by atoms with Crippen LogP contribution in [0.5, 0.6) is 0 Å². The number of anilines is 1. The molecule has 1 saturated carbocycles. The van der Waals surface area contributed by atoms with Crippen molar-refractivity contribution in [3.8, 4) is 0 Å². The van der Waals surface area contributed by atoms with Gasteiger partial charge in [-0.05, 0) is 73.3 Å². The van der Waals surface area contributed by atoms with Crippen LogP contribution in [-0.4, -0.2) is 17.1 Å². The molecular weight excluding hydrogens is 370 g/mol. The van der Waals surface area contributed by atoms with E-state index in [0.717, 1.165) is 61.2 Å². The number of aryl methyl sites for hydroxylation is 1. The molecule has 2 aliphatic rings. The fraction of sp³-hybridized carbons (Fsp3) is 0.458. The van der Waals surface area contributed by atoms with Crippen LogP contribution in [0.15, 0.2) is 42.5 Å². The topological polar surface area (TPSA) is 49.3 Å². The maximum atomic E-state index is 13.0. The first-order valence-electron chi connectivity index (χ1n) is 10.5. The summed E-state index contributed by atoms with van der Waals surface area (Å²) in [4.78, 5) is 13.0. The zero-order chi connectivity index (χ0) is 19.5. The molecule has 3 atom stereocenters. The third kappa shape index (κ3) is 4.26. The maximum absolute atomic E-state index is 13.0. The van der Waals surface area contributed by atoms with Crippen LogP contribution in [0.2, 0.25) is 5.02 Å². The number of carbonyl (C=O) groups is 1. The van der Waals surface area contributed by atoms with Gasteiger partial charge in [-0.3, -0.25) is 4.79 Å². The van der Waals surface area contributed by atoms with Crippen molar-refractivity contribution in [1.82, 2.24) is 0 Å². The van der Waals surface area contributed by atoms with Gasteiger partial charge in [0.15, 0.2) is 0 Å². The molecule has 0 aromatic heterocycles. The smallest absolute Gasteiger partial charge is 0.227 e. The fourth-order valence-electron chi connectivity index (χ4n) is 4.80. The van der Waals surface area contributed by atoms with Crippen LogP contribution in [-0.2, 0) is 17.6 Å². The summed E-state index contributed by atoms with van der Waals surface area (Å²) in [6, 6.07) is 14.2. The van der Waals surface area contributed by atoms with Crippen LogP contribution < -0.4 is 5.32 Å². The lowest BCUT2D eigenvalue weighted by Crippen LogP contribution is -2.25. The molecule has 0 aliphatic heterocycles. The first kappa shape index (κ1) is 19.5. The zero-order valence-electron chi connectivity index (χ0n) is 16.2. The predicted octanol–water partition coefficient (Wildman–Crippen LogP) is 5.49. The molecule has 0 bridgehead atoms. The van der Waals surface area contributed by atoms with E-state index in [-0.39, 0.29) is 17.9 Å². The van der Waals surface area contributed by atoms with E-state index in [4.69, 9.17) is 11.6 Å². The highest BCUT2D eigenvalue weighted by molar-refractivity contribution is 6.31. The van der Waals surface area contributed by atoms with Gasteiger partial charge in [-0.15, -0.1) is 0 Å². The number of amides is 1. The number of carbonyl (C=O) groups excluding carboxylic acids is 1. The zero-order valence-corrected chi connectivity index (χ0v) is 16.9. The Labute approximate surface area is 172 Å². The van der Waals surface area contributed by atoms with Crippen LogP contribution in [0, 0.1) is 5.92 Å². The van der Waals surface area contributed by atoms with Crippen molar-refractivity contribution >= 4 is 23.2 Å². The molecular formula is C24H28ClNO2. The number of fused-ring (bicyclic) bond motifs is 1. The lowest BCUT2D eigenvalue weighted by Gasteiger charge is -2.24. The number of nitrogens with one attached hydrogen (secondary N) is 1. The minimum Gasteiger partial charge on any atom is -0.393 e. The molecule has 4 rings (SSSR count). The molecule has 0 saturated heterocycles. The molecule has 3 unspecified atom stereocenters. The summed E-state index contributed by atoms with van der Waals surface area (Å²) in [5.74, 6) is 0.594. The minimum absolute atomic E-state index is 0.0388. The molecule has 2 aromatic rings. The molecule has 28 heavy (non-hydrogen) atoms. The molecule has 3 nitrogen and oxygen atoms in total. The molecule has 0 radical (unpaired) electrons. The molecule has 1 amide bonds. The Morgan fingerprint density at radius 1 is 1.00 bits per heavy atom. The summed E-state index contributed by atoms with van der Waals surface area (Å²) in [6.07, 6.45) is 6.93. The van der Waals surface area contributed by atoms with Gasteiger partial charge in [-0.2, -0.15) is 0 Å². The van der Waals surface area contributed by atoms with E-state index in [0.29, 0.717) is 12.3 Å². The van der Waals surface area contributed by atoms with Crippen molar-refractivity contribution in [2.45, 2.75) is 63.4 Å². The van der Waals surface area contributed by atoms with E-state index in [1.165, 1.54) is 11.1 Å². The van der Waals surface area contributed by atoms with Crippen molar-refractivity contribution in [3.63, 3.8) is 0 Å². The van der Waals surface area contributed by atoms with Crippen molar-refractivity contribution in [3.05, 3.63) is 64.2 Å². The van der Waals surface area contributed by atoms with Gasteiger partial charge in [-0.25, -0.2) is 0 Å². The summed E-state index contributed by atoms with van der Waals surface area (Å²) in [5.41, 5.74) is 4.46. The van der Waals surface area contributed by atoms with E-state index in [2.05, 4.69) is 17.4 Å². The number of rotatable bonds is 3. The molecule has 4 heteroatoms. The Morgan fingerprint density at radius 3 is 2.71 bits per heavy atom. The van der Waals surface area contributed by atoms with Gasteiger partial charge in [0.1, 0.15) is 0 Å². The monoisotopic (exact) mass is 397 g/mol. The average molecular weight is 398 g/mol. The van der Waals surface area contributed by atoms with E-state index in [9.17, 15) is 9.90 Å². The predicted molar refractivity (Wildman–Crippen MR) is 114 cm³/mol. The van der Waals surface area contributed by atoms with E-state index < -0.39 is 0 Å². The fourth-order valence-corrected chi connectivity index (χ4v) is 5.09. The second-order valence-electron chi connectivity index (χ2n) is 8.25. The third-order valence-corrected chi connectivity index (χ3v) is 6.75. The standard InChI is InChI=1S/C24H28ClNO2/c25-22-9-2-1-8-20(22)16-5-3-7-18(12-11-16)24(28)26-23-10-4-6-17-13-14-19(27)15-21(17)23/h1-2,4,6,8-10,16,18-19,27H,3,5,7,11-15H2,(H,26,28). The molecule has 0 spiro atoms. The van der Waals surface area contributed by atoms with Crippen molar-refractivity contribution in [2.24, 2.45) is 5.92 Å². The number of halogens is 1. The van der Waals surface area contributed by atoms with Crippen LogP contribution in [0.25, 0.3) is 0 Å². The summed E-state index contributed by atoms with van der Waals surface area (Å²) in [6.45, 7) is 0. The van der Waals surface area contributed by atoms with E-state index in [1.807, 2.05) is 30.3 Å². The largest absolute Gasteiger partial charge is 0.393 e. The van der Waals surface area contributed by atoms with Crippen LogP contribution in [0.4, 0.5) is 5.69 Å². The average Bonchev–Trinajstić information content (AvgIpc) is 2.95. The van der Waals surface area contributed by atoms with Gasteiger partial charge in [0.25, 0.3) is 0 Å². The van der Waals surface area contributed by atoms with Gasteiger partial charge < -0.3 is 10.4 Å². The number of hydrogen-bond acceptors (Lipinski definition) is 2. The Morgan fingerprint density at radius 2 is 1.86 bits per heavy atom. The summed E-state index contributed by atoms with van der Waals surface area (Å²) < 4.78 is 0. The normalized spacial score (nSPS) is 24.9. The molecule has 2 N–H and O–H groups in total. The molecule has 148 valence electrons. The summed E-state index contributed by atoms with van der Waals surface area (Å²) >= 11 is 6.40. The van der Waals surface area contributed by atoms with Crippen molar-refractivity contribution < 1.29 is 9.90 Å². The molecule has 2 aliphatic carbocycles. The molecule has 2 aromatic carbocycles. The van der Waals surface area contributed by atoms with Crippen molar-refractivity contribution in [2.75, 3.05) is 5.32 Å². The number of benzene rings is 2. The maximum Gasteiger partial charge on any atom is 0.227 e. The van der Waals surface area contributed by atoms with E-state index >= 15 is 0 Å². The summed E-state index contributed by atoms with van der Waals surface area (Å²) in [5, 5.41) is 14.1. The number of aliphatic hydroxyl groups excluding tert-OH is 1. The van der Waals surface area contributed by atoms with Crippen LogP contribution >= 0.6 is 11.6 Å². The highest BCUT2D eigenvalue weighted by Crippen LogP contribution is 2.37. The number of aliphatic hydroxyl groups is 1. The quantitative estimate of drug-likeness (QED) is 0.672. The van der Waals surface area contributed by atoms with Crippen LogP contribution in [0.3, 0.4) is 0 Å². The second-order valence-corrected chi connectivity index (χ2v) is 8.66. The lowest BCUT2D eigenvalue weighted by molar-refractivity contribution is -0.120. The Hall–Kier alpha value is -1.84. The molecule has 1 fully saturated rings. The Kier molecular flexibility index (Phi) is 6.03. The van der Waals surface area contributed by atoms with E-state index in [1.54, 1.807) is 0 Å². The first-order valence-corrected chi connectivity index (χ1v) is 10.8. The lowest BCUT2D eigenvalue weighted by atomic mass is 9.88. The highest BCUT2D eigenvalue weighted by Gasteiger charge is 2.27. The van der Waals surface area contributed by atoms with Gasteiger partial charge >= 0.3 is 0 Å². The van der Waals surface area contributed by atoms with Crippen LogP contribution in [0.1, 0.15) is 61.1 Å². The van der Waals surface area contributed by atoms with Crippen molar-refractivity contribution in [1.29, 1.82) is 0 Å². The Bertz CT molecular complexity index is 850. The summed E-state index contributed by atoms with van der Waals surface area (Å²) in [7, 11) is 0. The molecule has 0 heterocycles. The first-order chi connectivity index (χ1) is 13.6.